The van der Waals surface area contributed by atoms with Crippen molar-refractivity contribution in [2.45, 2.75) is 20.2 Å². The molecule has 1 aromatic carbocycles. The van der Waals surface area contributed by atoms with E-state index in [0.717, 1.165) is 5.84 Å². The van der Waals surface area contributed by atoms with Crippen molar-refractivity contribution >= 4 is 11.5 Å². The van der Waals surface area contributed by atoms with E-state index in [-0.39, 0.29) is 11.7 Å². The van der Waals surface area contributed by atoms with E-state index >= 15 is 0 Å². The second kappa shape index (κ2) is 5.95. The maximum absolute atomic E-state index is 12.0. The lowest BCUT2D eigenvalue weighted by Gasteiger charge is -2.19. The Bertz CT molecular complexity index is 426. The molecule has 106 valence electrons. The first kappa shape index (κ1) is 15.3. The monoisotopic (exact) mass is 274 g/mol. The van der Waals surface area contributed by atoms with Crippen molar-refractivity contribution in [1.29, 1.82) is 0 Å². The molecule has 0 fully saturated rings. The number of amidine groups is 1. The number of nitrogens with zero attached hydrogens (tertiary/aromatic N) is 2. The van der Waals surface area contributed by atoms with E-state index in [1.807, 2.05) is 32.8 Å². The van der Waals surface area contributed by atoms with E-state index in [2.05, 4.69) is 9.73 Å². The van der Waals surface area contributed by atoms with E-state index in [4.69, 9.17) is 0 Å². The summed E-state index contributed by atoms with van der Waals surface area (Å²) in [5.41, 5.74) is 0.590. The summed E-state index contributed by atoms with van der Waals surface area (Å²) in [7, 11) is 3.75. The van der Waals surface area contributed by atoms with E-state index in [1.165, 1.54) is 24.3 Å². The Hall–Kier alpha value is -1.72. The van der Waals surface area contributed by atoms with Gasteiger partial charge >= 0.3 is 6.36 Å². The molecule has 0 N–H and O–H groups in total. The fourth-order valence-electron chi connectivity index (χ4n) is 1.60. The Morgan fingerprint density at radius 3 is 2.05 bits per heavy atom. The van der Waals surface area contributed by atoms with Gasteiger partial charge in [-0.3, -0.25) is 0 Å². The minimum Gasteiger partial charge on any atom is -0.406 e. The van der Waals surface area contributed by atoms with Crippen LogP contribution in [0.4, 0.5) is 18.9 Å². The summed E-state index contributed by atoms with van der Waals surface area (Å²) in [4.78, 5) is 6.28. The molecule has 0 saturated carbocycles. The summed E-state index contributed by atoms with van der Waals surface area (Å²) in [6.45, 7) is 4.00. The van der Waals surface area contributed by atoms with Gasteiger partial charge in [0.25, 0.3) is 0 Å². The van der Waals surface area contributed by atoms with Crippen molar-refractivity contribution in [2.75, 3.05) is 14.1 Å². The van der Waals surface area contributed by atoms with Gasteiger partial charge in [-0.25, -0.2) is 4.99 Å². The molecule has 0 spiro atoms. The van der Waals surface area contributed by atoms with Crippen LogP contribution in [0.25, 0.3) is 0 Å². The van der Waals surface area contributed by atoms with Crippen LogP contribution >= 0.6 is 0 Å². The van der Waals surface area contributed by atoms with Crippen molar-refractivity contribution in [1.82, 2.24) is 4.90 Å². The molecule has 1 rings (SSSR count). The van der Waals surface area contributed by atoms with Gasteiger partial charge in [0.05, 0.1) is 5.69 Å². The molecule has 0 aromatic heterocycles. The minimum atomic E-state index is -4.67. The van der Waals surface area contributed by atoms with Crippen molar-refractivity contribution in [2.24, 2.45) is 10.9 Å². The van der Waals surface area contributed by atoms with E-state index < -0.39 is 6.36 Å². The number of hydrogen-bond donors (Lipinski definition) is 0. The molecule has 0 bridgehead atoms. The summed E-state index contributed by atoms with van der Waals surface area (Å²) < 4.78 is 39.8. The maximum atomic E-state index is 12.0. The number of halogens is 3. The first-order valence-corrected chi connectivity index (χ1v) is 5.81. The number of hydrogen-bond acceptors (Lipinski definition) is 2. The van der Waals surface area contributed by atoms with Gasteiger partial charge in [0.2, 0.25) is 0 Å². The largest absolute Gasteiger partial charge is 0.573 e. The zero-order chi connectivity index (χ0) is 14.6. The van der Waals surface area contributed by atoms with Crippen LogP contribution in [0.15, 0.2) is 29.3 Å². The summed E-state index contributed by atoms with van der Waals surface area (Å²) >= 11 is 0. The summed E-state index contributed by atoms with van der Waals surface area (Å²) in [5, 5.41) is 0. The molecule has 0 aliphatic carbocycles. The molecule has 0 atom stereocenters. The highest BCUT2D eigenvalue weighted by Gasteiger charge is 2.30. The SMILES string of the molecule is CC(C)/C(=N/c1ccc(OC(F)(F)F)cc1)N(C)C. The molecule has 0 unspecified atom stereocenters. The Morgan fingerprint density at radius 2 is 1.68 bits per heavy atom. The van der Waals surface area contributed by atoms with Gasteiger partial charge in [-0.2, -0.15) is 0 Å². The fraction of sp³-hybridized carbons (Fsp3) is 0.462. The van der Waals surface area contributed by atoms with Crippen LogP contribution in [0.1, 0.15) is 13.8 Å². The molecule has 0 heterocycles. The van der Waals surface area contributed by atoms with Crippen LogP contribution < -0.4 is 4.74 Å². The number of alkyl halides is 3. The lowest BCUT2D eigenvalue weighted by Crippen LogP contribution is -2.26. The Balaban J connectivity index is 2.90. The molecule has 0 radical (unpaired) electrons. The normalized spacial score (nSPS) is 12.7. The first-order valence-electron chi connectivity index (χ1n) is 5.81. The maximum Gasteiger partial charge on any atom is 0.573 e. The Morgan fingerprint density at radius 1 is 1.16 bits per heavy atom. The third kappa shape index (κ3) is 5.19. The molecule has 0 aliphatic rings. The highest BCUT2D eigenvalue weighted by molar-refractivity contribution is 5.86. The Labute approximate surface area is 110 Å². The molecular formula is C13H17F3N2O. The van der Waals surface area contributed by atoms with Gasteiger partial charge in [0.15, 0.2) is 0 Å². The average molecular weight is 274 g/mol. The van der Waals surface area contributed by atoms with Crippen LogP contribution in [0, 0.1) is 5.92 Å². The lowest BCUT2D eigenvalue weighted by molar-refractivity contribution is -0.274. The zero-order valence-corrected chi connectivity index (χ0v) is 11.3. The standard InChI is InChI=1S/C13H17F3N2O/c1-9(2)12(18(3)4)17-10-5-7-11(8-6-10)19-13(14,15)16/h5-9H,1-4H3/b17-12-. The Kier molecular flexibility index (Phi) is 4.80. The van der Waals surface area contributed by atoms with Crippen molar-refractivity contribution in [3.63, 3.8) is 0 Å². The van der Waals surface area contributed by atoms with Crippen LogP contribution in [-0.2, 0) is 0 Å². The smallest absolute Gasteiger partial charge is 0.406 e. The van der Waals surface area contributed by atoms with Gasteiger partial charge in [-0.1, -0.05) is 13.8 Å². The lowest BCUT2D eigenvalue weighted by atomic mass is 10.2. The van der Waals surface area contributed by atoms with Crippen molar-refractivity contribution in [3.05, 3.63) is 24.3 Å². The highest BCUT2D eigenvalue weighted by atomic mass is 19.4. The number of aliphatic imine (C=N–C) groups is 1. The average Bonchev–Trinajstić information content (AvgIpc) is 2.25. The molecule has 19 heavy (non-hydrogen) atoms. The van der Waals surface area contributed by atoms with Gasteiger partial charge in [0.1, 0.15) is 11.6 Å². The third-order valence-corrected chi connectivity index (χ3v) is 2.29. The van der Waals surface area contributed by atoms with Crippen LogP contribution in [0.5, 0.6) is 5.75 Å². The molecule has 1 aromatic rings. The van der Waals surface area contributed by atoms with Gasteiger partial charge in [0, 0.05) is 20.0 Å². The predicted molar refractivity (Wildman–Crippen MR) is 68.7 cm³/mol. The van der Waals surface area contributed by atoms with Gasteiger partial charge in [-0.15, -0.1) is 13.2 Å². The van der Waals surface area contributed by atoms with E-state index in [9.17, 15) is 13.2 Å². The van der Waals surface area contributed by atoms with Crippen LogP contribution in [0.3, 0.4) is 0 Å². The minimum absolute atomic E-state index is 0.223. The van der Waals surface area contributed by atoms with Gasteiger partial charge in [-0.05, 0) is 24.3 Å². The van der Waals surface area contributed by atoms with Crippen LogP contribution in [-0.4, -0.2) is 31.2 Å². The molecule has 3 nitrogen and oxygen atoms in total. The summed E-state index contributed by atoms with van der Waals surface area (Å²) in [5.74, 6) is 0.827. The highest BCUT2D eigenvalue weighted by Crippen LogP contribution is 2.25. The quantitative estimate of drug-likeness (QED) is 0.618. The molecule has 0 aliphatic heterocycles. The van der Waals surface area contributed by atoms with Crippen LogP contribution in [0.2, 0.25) is 0 Å². The number of ether oxygens (including phenoxy) is 1. The van der Waals surface area contributed by atoms with E-state index in [0.29, 0.717) is 5.69 Å². The topological polar surface area (TPSA) is 24.8 Å². The molecule has 6 heteroatoms. The summed E-state index contributed by atoms with van der Waals surface area (Å²) in [6, 6.07) is 5.49. The van der Waals surface area contributed by atoms with Crippen molar-refractivity contribution in [3.8, 4) is 5.75 Å². The van der Waals surface area contributed by atoms with E-state index in [1.54, 1.807) is 0 Å². The zero-order valence-electron chi connectivity index (χ0n) is 11.3. The predicted octanol–water partition coefficient (Wildman–Crippen LogP) is 3.83. The summed E-state index contributed by atoms with van der Waals surface area (Å²) in [6.07, 6.45) is -4.67. The third-order valence-electron chi connectivity index (χ3n) is 2.29. The second-order valence-corrected chi connectivity index (χ2v) is 4.56. The van der Waals surface area contributed by atoms with Gasteiger partial charge < -0.3 is 9.64 Å². The fourth-order valence-corrected chi connectivity index (χ4v) is 1.60. The molecule has 0 amide bonds. The molecular weight excluding hydrogens is 257 g/mol. The van der Waals surface area contributed by atoms with Crippen molar-refractivity contribution < 1.29 is 17.9 Å². The number of rotatable bonds is 3. The molecule has 0 saturated heterocycles. The first-order chi connectivity index (χ1) is 8.69. The second-order valence-electron chi connectivity index (χ2n) is 4.56. The number of benzene rings is 1.